The topological polar surface area (TPSA) is 46.2 Å². The van der Waals surface area contributed by atoms with E-state index in [9.17, 15) is 8.42 Å². The van der Waals surface area contributed by atoms with E-state index in [1.165, 1.54) is 11.1 Å². The summed E-state index contributed by atoms with van der Waals surface area (Å²) in [6.07, 6.45) is 0.718. The molecule has 0 saturated carbocycles. The van der Waals surface area contributed by atoms with E-state index in [1.807, 2.05) is 19.1 Å². The third kappa shape index (κ3) is 2.55. The zero-order valence-electron chi connectivity index (χ0n) is 9.66. The second-order valence-corrected chi connectivity index (χ2v) is 6.79. The predicted octanol–water partition coefficient (Wildman–Crippen LogP) is 1.90. The SMILES string of the molecule is Cc1ccc(NC2CCS(=O)(=O)C2)c(C)c1. The summed E-state index contributed by atoms with van der Waals surface area (Å²) in [5, 5.41) is 3.31. The van der Waals surface area contributed by atoms with E-state index in [4.69, 9.17) is 0 Å². The van der Waals surface area contributed by atoms with Crippen molar-refractivity contribution in [2.45, 2.75) is 26.3 Å². The molecule has 1 heterocycles. The van der Waals surface area contributed by atoms with E-state index in [1.54, 1.807) is 0 Å². The first-order chi connectivity index (χ1) is 7.46. The van der Waals surface area contributed by atoms with Gasteiger partial charge in [-0.3, -0.25) is 0 Å². The van der Waals surface area contributed by atoms with Gasteiger partial charge in [-0.1, -0.05) is 17.7 Å². The number of sulfone groups is 1. The van der Waals surface area contributed by atoms with Crippen LogP contribution in [0.15, 0.2) is 18.2 Å². The van der Waals surface area contributed by atoms with Crippen LogP contribution >= 0.6 is 0 Å². The first-order valence-electron chi connectivity index (χ1n) is 5.50. The third-order valence-electron chi connectivity index (χ3n) is 2.97. The minimum atomic E-state index is -2.80. The lowest BCUT2D eigenvalue weighted by molar-refractivity contribution is 0.602. The maximum Gasteiger partial charge on any atom is 0.152 e. The quantitative estimate of drug-likeness (QED) is 0.857. The summed E-state index contributed by atoms with van der Waals surface area (Å²) < 4.78 is 22.7. The molecule has 0 aromatic heterocycles. The van der Waals surface area contributed by atoms with Gasteiger partial charge in [0.2, 0.25) is 0 Å². The molecule has 1 aromatic rings. The van der Waals surface area contributed by atoms with Crippen LogP contribution in [-0.4, -0.2) is 26.0 Å². The van der Waals surface area contributed by atoms with Crippen molar-refractivity contribution in [1.29, 1.82) is 0 Å². The molecule has 1 atom stereocenters. The second kappa shape index (κ2) is 4.09. The van der Waals surface area contributed by atoms with Crippen LogP contribution in [0.3, 0.4) is 0 Å². The molecule has 3 nitrogen and oxygen atoms in total. The molecule has 0 aliphatic carbocycles. The number of nitrogens with one attached hydrogen (secondary N) is 1. The van der Waals surface area contributed by atoms with Gasteiger partial charge in [0.1, 0.15) is 0 Å². The van der Waals surface area contributed by atoms with Gasteiger partial charge in [0.15, 0.2) is 9.84 Å². The standard InChI is InChI=1S/C12H17NO2S/c1-9-3-4-12(10(2)7-9)13-11-5-6-16(14,15)8-11/h3-4,7,11,13H,5-6,8H2,1-2H3. The van der Waals surface area contributed by atoms with Crippen LogP contribution in [0.1, 0.15) is 17.5 Å². The Kier molecular flexibility index (Phi) is 2.93. The van der Waals surface area contributed by atoms with E-state index in [2.05, 4.69) is 18.3 Å². The molecule has 88 valence electrons. The van der Waals surface area contributed by atoms with Crippen molar-refractivity contribution >= 4 is 15.5 Å². The van der Waals surface area contributed by atoms with Crippen molar-refractivity contribution in [2.24, 2.45) is 0 Å². The van der Waals surface area contributed by atoms with Crippen molar-refractivity contribution < 1.29 is 8.42 Å². The molecule has 0 bridgehead atoms. The molecule has 0 amide bonds. The maximum absolute atomic E-state index is 11.3. The van der Waals surface area contributed by atoms with E-state index in [0.29, 0.717) is 5.75 Å². The lowest BCUT2D eigenvalue weighted by Gasteiger charge is -2.15. The molecule has 1 saturated heterocycles. The summed E-state index contributed by atoms with van der Waals surface area (Å²) in [5.41, 5.74) is 3.44. The third-order valence-corrected chi connectivity index (χ3v) is 4.74. The van der Waals surface area contributed by atoms with Gasteiger partial charge in [-0.05, 0) is 31.9 Å². The Hall–Kier alpha value is -1.03. The van der Waals surface area contributed by atoms with Gasteiger partial charge < -0.3 is 5.32 Å². The number of hydrogen-bond acceptors (Lipinski definition) is 3. The van der Waals surface area contributed by atoms with Gasteiger partial charge in [-0.25, -0.2) is 8.42 Å². The smallest absolute Gasteiger partial charge is 0.152 e. The first kappa shape index (κ1) is 11.5. The molecule has 1 aliphatic heterocycles. The normalized spacial score (nSPS) is 23.2. The summed E-state index contributed by atoms with van der Waals surface area (Å²) in [4.78, 5) is 0. The monoisotopic (exact) mass is 239 g/mol. The first-order valence-corrected chi connectivity index (χ1v) is 7.33. The number of benzene rings is 1. The van der Waals surface area contributed by atoms with Gasteiger partial charge in [0, 0.05) is 11.7 Å². The molecular formula is C12H17NO2S. The fourth-order valence-corrected chi connectivity index (χ4v) is 3.78. The Bertz CT molecular complexity index is 494. The number of anilines is 1. The summed E-state index contributed by atoms with van der Waals surface area (Å²) in [6.45, 7) is 4.09. The Morgan fingerprint density at radius 3 is 2.62 bits per heavy atom. The number of rotatable bonds is 2. The Balaban J connectivity index is 2.11. The van der Waals surface area contributed by atoms with Crippen molar-refractivity contribution in [3.8, 4) is 0 Å². The van der Waals surface area contributed by atoms with Gasteiger partial charge in [0.25, 0.3) is 0 Å². The summed E-state index contributed by atoms with van der Waals surface area (Å²) >= 11 is 0. The Morgan fingerprint density at radius 2 is 2.06 bits per heavy atom. The zero-order valence-corrected chi connectivity index (χ0v) is 10.5. The molecule has 4 heteroatoms. The Morgan fingerprint density at radius 1 is 1.31 bits per heavy atom. The van der Waals surface area contributed by atoms with Crippen LogP contribution in [0.5, 0.6) is 0 Å². The number of aryl methyl sites for hydroxylation is 2. The average molecular weight is 239 g/mol. The summed E-state index contributed by atoms with van der Waals surface area (Å²) in [7, 11) is -2.80. The second-order valence-electron chi connectivity index (χ2n) is 4.56. The Labute approximate surface area is 96.8 Å². The summed E-state index contributed by atoms with van der Waals surface area (Å²) in [5.74, 6) is 0.579. The highest BCUT2D eigenvalue weighted by atomic mass is 32.2. The van der Waals surface area contributed by atoms with Crippen LogP contribution < -0.4 is 5.32 Å². The van der Waals surface area contributed by atoms with Crippen molar-refractivity contribution in [1.82, 2.24) is 0 Å². The van der Waals surface area contributed by atoms with Gasteiger partial charge >= 0.3 is 0 Å². The molecule has 1 N–H and O–H groups in total. The van der Waals surface area contributed by atoms with Crippen LogP contribution in [-0.2, 0) is 9.84 Å². The fourth-order valence-electron chi connectivity index (χ4n) is 2.10. The number of hydrogen-bond donors (Lipinski definition) is 1. The highest BCUT2D eigenvalue weighted by Gasteiger charge is 2.27. The maximum atomic E-state index is 11.3. The van der Waals surface area contributed by atoms with E-state index in [-0.39, 0.29) is 11.8 Å². The highest BCUT2D eigenvalue weighted by Crippen LogP contribution is 2.21. The zero-order chi connectivity index (χ0) is 11.8. The molecule has 2 rings (SSSR count). The predicted molar refractivity (Wildman–Crippen MR) is 66.6 cm³/mol. The molecule has 1 aromatic carbocycles. The minimum absolute atomic E-state index is 0.0754. The summed E-state index contributed by atoms with van der Waals surface area (Å²) in [6, 6.07) is 6.24. The van der Waals surface area contributed by atoms with Crippen LogP contribution in [0.4, 0.5) is 5.69 Å². The van der Waals surface area contributed by atoms with Crippen LogP contribution in [0.2, 0.25) is 0 Å². The molecule has 1 unspecified atom stereocenters. The van der Waals surface area contributed by atoms with Crippen molar-refractivity contribution in [3.63, 3.8) is 0 Å². The van der Waals surface area contributed by atoms with Gasteiger partial charge in [-0.15, -0.1) is 0 Å². The van der Waals surface area contributed by atoms with Gasteiger partial charge in [-0.2, -0.15) is 0 Å². The molecule has 1 aliphatic rings. The highest BCUT2D eigenvalue weighted by molar-refractivity contribution is 7.91. The van der Waals surface area contributed by atoms with E-state index < -0.39 is 9.84 Å². The molecular weight excluding hydrogens is 222 g/mol. The minimum Gasteiger partial charge on any atom is -0.381 e. The van der Waals surface area contributed by atoms with E-state index >= 15 is 0 Å². The van der Waals surface area contributed by atoms with E-state index in [0.717, 1.165) is 12.1 Å². The largest absolute Gasteiger partial charge is 0.381 e. The molecule has 0 radical (unpaired) electrons. The van der Waals surface area contributed by atoms with Gasteiger partial charge in [0.05, 0.1) is 11.5 Å². The lowest BCUT2D eigenvalue weighted by Crippen LogP contribution is -2.21. The van der Waals surface area contributed by atoms with Crippen LogP contribution in [0, 0.1) is 13.8 Å². The van der Waals surface area contributed by atoms with Crippen molar-refractivity contribution in [3.05, 3.63) is 29.3 Å². The molecule has 1 fully saturated rings. The average Bonchev–Trinajstić information content (AvgIpc) is 2.51. The lowest BCUT2D eigenvalue weighted by atomic mass is 10.1. The fraction of sp³-hybridized carbons (Fsp3) is 0.500. The molecule has 16 heavy (non-hydrogen) atoms. The molecule has 0 spiro atoms. The van der Waals surface area contributed by atoms with Crippen molar-refractivity contribution in [2.75, 3.05) is 16.8 Å². The van der Waals surface area contributed by atoms with Crippen LogP contribution in [0.25, 0.3) is 0 Å².